The second-order valence-corrected chi connectivity index (χ2v) is 4.90. The van der Waals surface area contributed by atoms with Gasteiger partial charge in [0.05, 0.1) is 12.7 Å². The highest BCUT2D eigenvalue weighted by Crippen LogP contribution is 2.37. The molecular weight excluding hydrogens is 339 g/mol. The average molecular weight is 354 g/mol. The van der Waals surface area contributed by atoms with Crippen LogP contribution < -0.4 is 10.1 Å². The monoisotopic (exact) mass is 353 g/mol. The predicted octanol–water partition coefficient (Wildman–Crippen LogP) is 4.22. The summed E-state index contributed by atoms with van der Waals surface area (Å²) in [6.07, 6.45) is -2.73. The lowest BCUT2D eigenvalue weighted by atomic mass is 10.1. The molecule has 3 nitrogen and oxygen atoms in total. The van der Waals surface area contributed by atoms with Crippen LogP contribution in [0.5, 0.6) is 5.75 Å². The van der Waals surface area contributed by atoms with E-state index in [1.807, 2.05) is 0 Å². The summed E-state index contributed by atoms with van der Waals surface area (Å²) in [6.45, 7) is 0. The van der Waals surface area contributed by atoms with Crippen molar-refractivity contribution in [2.45, 2.75) is 25.4 Å². The predicted molar refractivity (Wildman–Crippen MR) is 74.3 cm³/mol. The molecule has 112 valence electrons. The van der Waals surface area contributed by atoms with Crippen LogP contribution in [-0.2, 0) is 11.0 Å². The summed E-state index contributed by atoms with van der Waals surface area (Å²) < 4.78 is 43.1. The highest BCUT2D eigenvalue weighted by atomic mass is 79.9. The van der Waals surface area contributed by atoms with Crippen molar-refractivity contribution in [1.82, 2.24) is 0 Å². The van der Waals surface area contributed by atoms with Crippen molar-refractivity contribution in [1.29, 1.82) is 0 Å². The SMILES string of the molecule is COc1ccc(NC(=O)CCCCBr)cc1C(F)(F)F. The van der Waals surface area contributed by atoms with Gasteiger partial charge in [-0.2, -0.15) is 13.2 Å². The Morgan fingerprint density at radius 3 is 2.60 bits per heavy atom. The third-order valence-corrected chi connectivity index (χ3v) is 3.14. The van der Waals surface area contributed by atoms with Gasteiger partial charge in [0.2, 0.25) is 5.91 Å². The second-order valence-electron chi connectivity index (χ2n) is 4.11. The Hall–Kier alpha value is -1.24. The van der Waals surface area contributed by atoms with Crippen LogP contribution in [0.25, 0.3) is 0 Å². The quantitative estimate of drug-likeness (QED) is 0.614. The van der Waals surface area contributed by atoms with E-state index in [2.05, 4.69) is 26.0 Å². The van der Waals surface area contributed by atoms with Crippen molar-refractivity contribution in [2.75, 3.05) is 17.8 Å². The van der Waals surface area contributed by atoms with Gasteiger partial charge in [-0.15, -0.1) is 0 Å². The van der Waals surface area contributed by atoms with Gasteiger partial charge in [-0.1, -0.05) is 15.9 Å². The molecule has 0 fully saturated rings. The molecule has 20 heavy (non-hydrogen) atoms. The molecule has 0 aliphatic carbocycles. The van der Waals surface area contributed by atoms with Crippen LogP contribution in [0.4, 0.5) is 18.9 Å². The summed E-state index contributed by atoms with van der Waals surface area (Å²) in [5.41, 5.74) is -0.791. The molecule has 1 N–H and O–H groups in total. The number of methoxy groups -OCH3 is 1. The fourth-order valence-electron chi connectivity index (χ4n) is 1.61. The smallest absolute Gasteiger partial charge is 0.420 e. The topological polar surface area (TPSA) is 38.3 Å². The number of anilines is 1. The number of hydrogen-bond donors (Lipinski definition) is 1. The van der Waals surface area contributed by atoms with E-state index >= 15 is 0 Å². The van der Waals surface area contributed by atoms with Crippen LogP contribution in [0, 0.1) is 0 Å². The van der Waals surface area contributed by atoms with Crippen molar-refractivity contribution >= 4 is 27.5 Å². The number of hydrogen-bond acceptors (Lipinski definition) is 2. The molecule has 1 amide bonds. The molecule has 0 radical (unpaired) electrons. The average Bonchev–Trinajstić information content (AvgIpc) is 2.38. The first-order valence-electron chi connectivity index (χ1n) is 5.99. The standard InChI is InChI=1S/C13H15BrF3NO2/c1-20-11-6-5-9(8-10(11)13(15,16)17)18-12(19)4-2-3-7-14/h5-6,8H,2-4,7H2,1H3,(H,18,19). The van der Waals surface area contributed by atoms with Crippen molar-refractivity contribution in [3.05, 3.63) is 23.8 Å². The van der Waals surface area contributed by atoms with Gasteiger partial charge in [0.25, 0.3) is 0 Å². The highest BCUT2D eigenvalue weighted by Gasteiger charge is 2.34. The molecular formula is C13H15BrF3NO2. The molecule has 0 unspecified atom stereocenters. The first-order valence-corrected chi connectivity index (χ1v) is 7.11. The summed E-state index contributed by atoms with van der Waals surface area (Å²) in [4.78, 5) is 11.6. The second kappa shape index (κ2) is 7.52. The lowest BCUT2D eigenvalue weighted by Gasteiger charge is -2.14. The van der Waals surface area contributed by atoms with E-state index in [1.165, 1.54) is 19.2 Å². The van der Waals surface area contributed by atoms with Gasteiger partial charge in [0.15, 0.2) is 0 Å². The highest BCUT2D eigenvalue weighted by molar-refractivity contribution is 9.09. The largest absolute Gasteiger partial charge is 0.496 e. The molecule has 0 atom stereocenters. The Bertz CT molecular complexity index is 463. The maximum atomic E-state index is 12.8. The van der Waals surface area contributed by atoms with Gasteiger partial charge in [0.1, 0.15) is 5.75 Å². The molecule has 0 spiro atoms. The zero-order chi connectivity index (χ0) is 15.2. The van der Waals surface area contributed by atoms with Gasteiger partial charge in [-0.25, -0.2) is 0 Å². The van der Waals surface area contributed by atoms with Crippen molar-refractivity contribution in [3.8, 4) is 5.75 Å². The van der Waals surface area contributed by atoms with E-state index in [-0.39, 0.29) is 23.8 Å². The molecule has 1 aromatic rings. The number of unbranched alkanes of at least 4 members (excludes halogenated alkanes) is 1. The summed E-state index contributed by atoms with van der Waals surface area (Å²) in [5, 5.41) is 3.25. The maximum Gasteiger partial charge on any atom is 0.420 e. The van der Waals surface area contributed by atoms with Gasteiger partial charge in [-0.3, -0.25) is 4.79 Å². The number of alkyl halides is 4. The van der Waals surface area contributed by atoms with Crippen LogP contribution in [0.1, 0.15) is 24.8 Å². The van der Waals surface area contributed by atoms with E-state index in [1.54, 1.807) is 0 Å². The number of amides is 1. The lowest BCUT2D eigenvalue weighted by molar-refractivity contribution is -0.138. The summed E-state index contributed by atoms with van der Waals surface area (Å²) >= 11 is 3.24. The zero-order valence-electron chi connectivity index (χ0n) is 10.9. The first-order chi connectivity index (χ1) is 9.38. The maximum absolute atomic E-state index is 12.8. The minimum absolute atomic E-state index is 0.113. The van der Waals surface area contributed by atoms with E-state index in [0.717, 1.165) is 17.8 Å². The molecule has 0 saturated heterocycles. The number of benzene rings is 1. The van der Waals surface area contributed by atoms with Gasteiger partial charge in [0, 0.05) is 17.4 Å². The number of carbonyl (C=O) groups is 1. The van der Waals surface area contributed by atoms with Crippen molar-refractivity contribution in [2.24, 2.45) is 0 Å². The van der Waals surface area contributed by atoms with Crippen LogP contribution in [-0.4, -0.2) is 18.3 Å². The van der Waals surface area contributed by atoms with Crippen molar-refractivity contribution in [3.63, 3.8) is 0 Å². The molecule has 1 aromatic carbocycles. The number of rotatable bonds is 6. The van der Waals surface area contributed by atoms with Crippen LogP contribution >= 0.6 is 15.9 Å². The molecule has 0 aromatic heterocycles. The zero-order valence-corrected chi connectivity index (χ0v) is 12.5. The molecule has 0 bridgehead atoms. The normalized spacial score (nSPS) is 11.2. The minimum atomic E-state index is -4.53. The van der Waals surface area contributed by atoms with Crippen LogP contribution in [0.15, 0.2) is 18.2 Å². The minimum Gasteiger partial charge on any atom is -0.496 e. The Morgan fingerprint density at radius 2 is 2.05 bits per heavy atom. The fraction of sp³-hybridized carbons (Fsp3) is 0.462. The number of nitrogens with one attached hydrogen (secondary N) is 1. The van der Waals surface area contributed by atoms with E-state index in [0.29, 0.717) is 6.42 Å². The van der Waals surface area contributed by atoms with E-state index in [9.17, 15) is 18.0 Å². The molecule has 0 aliphatic rings. The van der Waals surface area contributed by atoms with Crippen LogP contribution in [0.3, 0.4) is 0 Å². The van der Waals surface area contributed by atoms with E-state index < -0.39 is 11.7 Å². The van der Waals surface area contributed by atoms with Gasteiger partial charge in [-0.05, 0) is 31.0 Å². The molecule has 0 aliphatic heterocycles. The Balaban J connectivity index is 2.79. The number of carbonyl (C=O) groups excluding carboxylic acids is 1. The van der Waals surface area contributed by atoms with E-state index in [4.69, 9.17) is 0 Å². The van der Waals surface area contributed by atoms with Gasteiger partial charge < -0.3 is 10.1 Å². The third-order valence-electron chi connectivity index (χ3n) is 2.58. The fourth-order valence-corrected chi connectivity index (χ4v) is 2.01. The Kier molecular flexibility index (Phi) is 6.32. The van der Waals surface area contributed by atoms with Crippen LogP contribution in [0.2, 0.25) is 0 Å². The molecule has 1 rings (SSSR count). The molecule has 7 heteroatoms. The Labute approximate surface area is 123 Å². The number of halogens is 4. The summed E-state index contributed by atoms with van der Waals surface area (Å²) in [6, 6.07) is 3.45. The Morgan fingerprint density at radius 1 is 1.35 bits per heavy atom. The first kappa shape index (κ1) is 16.8. The third kappa shape index (κ3) is 5.03. The van der Waals surface area contributed by atoms with Crippen molar-refractivity contribution < 1.29 is 22.7 Å². The number of ether oxygens (including phenoxy) is 1. The van der Waals surface area contributed by atoms with Gasteiger partial charge >= 0.3 is 6.18 Å². The summed E-state index contributed by atoms with van der Waals surface area (Å²) in [5.74, 6) is -0.570. The molecule has 0 saturated carbocycles. The lowest BCUT2D eigenvalue weighted by Crippen LogP contribution is -2.13. The molecule has 0 heterocycles. The summed E-state index contributed by atoms with van der Waals surface area (Å²) in [7, 11) is 1.17.